The van der Waals surface area contributed by atoms with Gasteiger partial charge < -0.3 is 15.5 Å². The Morgan fingerprint density at radius 1 is 1.32 bits per heavy atom. The summed E-state index contributed by atoms with van der Waals surface area (Å²) < 4.78 is 0. The molecule has 0 aromatic carbocycles. The molecule has 0 saturated carbocycles. The van der Waals surface area contributed by atoms with E-state index in [0.717, 1.165) is 25.0 Å². The number of aromatic nitrogens is 4. The van der Waals surface area contributed by atoms with Gasteiger partial charge in [-0.15, -0.1) is 0 Å². The van der Waals surface area contributed by atoms with E-state index in [0.29, 0.717) is 11.6 Å². The first-order valence-corrected chi connectivity index (χ1v) is 7.22. The second kappa shape index (κ2) is 6.00. The summed E-state index contributed by atoms with van der Waals surface area (Å²) in [6, 6.07) is -0.304. The minimum absolute atomic E-state index is 0.0341. The van der Waals surface area contributed by atoms with Crippen molar-refractivity contribution in [2.75, 3.05) is 24.3 Å². The number of nitrogens with one attached hydrogen (secondary N) is 3. The van der Waals surface area contributed by atoms with Gasteiger partial charge in [0.15, 0.2) is 0 Å². The highest BCUT2D eigenvalue weighted by molar-refractivity contribution is 5.89. The second-order valence-electron chi connectivity index (χ2n) is 5.52. The molecule has 0 spiro atoms. The molecule has 2 aromatic rings. The molecule has 2 amide bonds. The van der Waals surface area contributed by atoms with Crippen LogP contribution in [0.4, 0.5) is 16.4 Å². The third kappa shape index (κ3) is 3.00. The number of urea groups is 1. The molecule has 0 aliphatic heterocycles. The van der Waals surface area contributed by atoms with Crippen molar-refractivity contribution in [3.8, 4) is 0 Å². The molecule has 1 aliphatic rings. The molecule has 0 bridgehead atoms. The fraction of sp³-hybridized carbons (Fsp3) is 0.429. The van der Waals surface area contributed by atoms with Crippen LogP contribution in [0.5, 0.6) is 0 Å². The van der Waals surface area contributed by atoms with Crippen LogP contribution in [-0.4, -0.2) is 40.3 Å². The van der Waals surface area contributed by atoms with E-state index in [1.807, 2.05) is 20.3 Å². The van der Waals surface area contributed by atoms with Gasteiger partial charge in [-0.1, -0.05) is 0 Å². The normalized spacial score (nSPS) is 16.7. The van der Waals surface area contributed by atoms with E-state index in [4.69, 9.17) is 0 Å². The van der Waals surface area contributed by atoms with Crippen LogP contribution in [0.15, 0.2) is 18.6 Å². The Kier molecular flexibility index (Phi) is 3.90. The molecule has 3 N–H and O–H groups in total. The number of fused-ring (bicyclic) bond motifs is 1. The van der Waals surface area contributed by atoms with Crippen LogP contribution in [-0.2, 0) is 6.42 Å². The lowest BCUT2D eigenvalue weighted by Crippen LogP contribution is -2.34. The zero-order valence-corrected chi connectivity index (χ0v) is 12.6. The SMILES string of the molecule is CN(C)c1ncc(NC(=O)NC2CCCc3cn[nH]c32)cn1. The molecule has 0 saturated heterocycles. The monoisotopic (exact) mass is 301 g/mol. The molecule has 8 heteroatoms. The van der Waals surface area contributed by atoms with Gasteiger partial charge >= 0.3 is 6.03 Å². The van der Waals surface area contributed by atoms with Gasteiger partial charge in [-0.25, -0.2) is 14.8 Å². The highest BCUT2D eigenvalue weighted by Gasteiger charge is 2.23. The fourth-order valence-electron chi connectivity index (χ4n) is 2.55. The van der Waals surface area contributed by atoms with Crippen molar-refractivity contribution in [3.05, 3.63) is 29.8 Å². The number of carbonyl (C=O) groups excluding carboxylic acids is 1. The maximum Gasteiger partial charge on any atom is 0.319 e. The smallest absolute Gasteiger partial charge is 0.319 e. The molecule has 3 rings (SSSR count). The second-order valence-corrected chi connectivity index (χ2v) is 5.52. The van der Waals surface area contributed by atoms with Crippen LogP contribution in [0.3, 0.4) is 0 Å². The summed E-state index contributed by atoms with van der Waals surface area (Å²) in [5.74, 6) is 0.598. The van der Waals surface area contributed by atoms with Gasteiger partial charge in [0.05, 0.1) is 36.0 Å². The van der Waals surface area contributed by atoms with Crippen molar-refractivity contribution in [1.29, 1.82) is 0 Å². The largest absolute Gasteiger partial charge is 0.347 e. The maximum absolute atomic E-state index is 12.1. The predicted molar refractivity (Wildman–Crippen MR) is 82.8 cm³/mol. The molecular formula is C14H19N7O. The summed E-state index contributed by atoms with van der Waals surface area (Å²) in [6.07, 6.45) is 7.95. The molecule has 1 atom stereocenters. The maximum atomic E-state index is 12.1. The molecular weight excluding hydrogens is 282 g/mol. The predicted octanol–water partition coefficient (Wildman–Crippen LogP) is 1.46. The summed E-state index contributed by atoms with van der Waals surface area (Å²) in [5, 5.41) is 12.7. The van der Waals surface area contributed by atoms with Gasteiger partial charge in [0, 0.05) is 14.1 Å². The fourth-order valence-corrected chi connectivity index (χ4v) is 2.55. The number of nitrogens with zero attached hydrogens (tertiary/aromatic N) is 4. The van der Waals surface area contributed by atoms with Crippen LogP contribution in [0.25, 0.3) is 0 Å². The summed E-state index contributed by atoms with van der Waals surface area (Å²) in [7, 11) is 3.72. The molecule has 1 aliphatic carbocycles. The van der Waals surface area contributed by atoms with Gasteiger partial charge in [-0.3, -0.25) is 5.10 Å². The van der Waals surface area contributed by atoms with Crippen LogP contribution in [0, 0.1) is 0 Å². The number of hydrogen-bond acceptors (Lipinski definition) is 5. The number of rotatable bonds is 3. The number of amides is 2. The Hall–Kier alpha value is -2.64. The lowest BCUT2D eigenvalue weighted by Gasteiger charge is -2.23. The van der Waals surface area contributed by atoms with Gasteiger partial charge in [0.25, 0.3) is 0 Å². The van der Waals surface area contributed by atoms with Crippen LogP contribution >= 0.6 is 0 Å². The molecule has 2 aromatic heterocycles. The molecule has 1 unspecified atom stereocenters. The third-order valence-corrected chi connectivity index (χ3v) is 3.64. The first-order valence-electron chi connectivity index (χ1n) is 7.22. The van der Waals surface area contributed by atoms with Crippen molar-refractivity contribution >= 4 is 17.7 Å². The molecule has 22 heavy (non-hydrogen) atoms. The number of aryl methyl sites for hydroxylation is 1. The Balaban J connectivity index is 1.61. The number of hydrogen-bond donors (Lipinski definition) is 3. The molecule has 0 radical (unpaired) electrons. The van der Waals surface area contributed by atoms with Gasteiger partial charge in [0.2, 0.25) is 5.95 Å². The summed E-state index contributed by atoms with van der Waals surface area (Å²) >= 11 is 0. The Morgan fingerprint density at radius 3 is 2.82 bits per heavy atom. The van der Waals surface area contributed by atoms with Crippen LogP contribution < -0.4 is 15.5 Å². The van der Waals surface area contributed by atoms with Crippen molar-refractivity contribution in [2.24, 2.45) is 0 Å². The van der Waals surface area contributed by atoms with E-state index in [2.05, 4.69) is 30.8 Å². The summed E-state index contributed by atoms with van der Waals surface area (Å²) in [4.78, 5) is 22.2. The summed E-state index contributed by atoms with van der Waals surface area (Å²) in [6.45, 7) is 0. The van der Waals surface area contributed by atoms with Crippen molar-refractivity contribution in [2.45, 2.75) is 25.3 Å². The Morgan fingerprint density at radius 2 is 2.09 bits per heavy atom. The van der Waals surface area contributed by atoms with Crippen molar-refractivity contribution < 1.29 is 4.79 Å². The Bertz CT molecular complexity index is 649. The Labute approximate surface area is 128 Å². The topological polar surface area (TPSA) is 98.8 Å². The average molecular weight is 301 g/mol. The molecule has 8 nitrogen and oxygen atoms in total. The van der Waals surface area contributed by atoms with Gasteiger partial charge in [-0.05, 0) is 24.8 Å². The van der Waals surface area contributed by atoms with E-state index < -0.39 is 0 Å². The molecule has 116 valence electrons. The van der Waals surface area contributed by atoms with Crippen molar-refractivity contribution in [3.63, 3.8) is 0 Å². The van der Waals surface area contributed by atoms with Crippen LogP contribution in [0.1, 0.15) is 30.1 Å². The molecule has 0 fully saturated rings. The molecule has 2 heterocycles. The van der Waals surface area contributed by atoms with E-state index >= 15 is 0 Å². The number of aromatic amines is 1. The minimum atomic E-state index is -0.270. The van der Waals surface area contributed by atoms with Gasteiger partial charge in [-0.2, -0.15) is 5.10 Å². The zero-order valence-electron chi connectivity index (χ0n) is 12.6. The minimum Gasteiger partial charge on any atom is -0.347 e. The van der Waals surface area contributed by atoms with Crippen molar-refractivity contribution in [1.82, 2.24) is 25.5 Å². The van der Waals surface area contributed by atoms with Crippen LogP contribution in [0.2, 0.25) is 0 Å². The summed E-state index contributed by atoms with van der Waals surface area (Å²) in [5.41, 5.74) is 2.74. The van der Waals surface area contributed by atoms with E-state index in [-0.39, 0.29) is 12.1 Å². The first kappa shape index (κ1) is 14.3. The third-order valence-electron chi connectivity index (χ3n) is 3.64. The van der Waals surface area contributed by atoms with Gasteiger partial charge in [0.1, 0.15) is 0 Å². The van der Waals surface area contributed by atoms with E-state index in [9.17, 15) is 4.79 Å². The number of carbonyl (C=O) groups is 1. The lowest BCUT2D eigenvalue weighted by atomic mass is 9.94. The first-order chi connectivity index (χ1) is 10.6. The van der Waals surface area contributed by atoms with E-state index in [1.54, 1.807) is 17.3 Å². The number of H-pyrrole nitrogens is 1. The number of anilines is 2. The standard InChI is InChI=1S/C14H19N7O/c1-21(2)13-15-7-10(8-16-13)18-14(22)19-11-5-3-4-9-6-17-20-12(9)11/h6-8,11H,3-5H2,1-2H3,(H,17,20)(H2,18,19,22). The highest BCUT2D eigenvalue weighted by Crippen LogP contribution is 2.27. The lowest BCUT2D eigenvalue weighted by molar-refractivity contribution is 0.246. The highest BCUT2D eigenvalue weighted by atomic mass is 16.2. The zero-order chi connectivity index (χ0) is 15.5. The van der Waals surface area contributed by atoms with E-state index in [1.165, 1.54) is 5.56 Å². The average Bonchev–Trinajstić information content (AvgIpc) is 2.97. The quantitative estimate of drug-likeness (QED) is 0.797.